The highest BCUT2D eigenvalue weighted by atomic mass is 19.4. The van der Waals surface area contributed by atoms with Crippen LogP contribution in [0.1, 0.15) is 46.8 Å². The highest BCUT2D eigenvalue weighted by molar-refractivity contribution is 5.34. The van der Waals surface area contributed by atoms with Crippen molar-refractivity contribution in [2.45, 2.75) is 50.1 Å². The number of hydrogen-bond acceptors (Lipinski definition) is 5. The van der Waals surface area contributed by atoms with Gasteiger partial charge < -0.3 is 9.64 Å². The molecule has 1 saturated carbocycles. The molecule has 1 aliphatic rings. The molecule has 3 aromatic rings. The Bertz CT molecular complexity index is 1170. The molecule has 212 valence electrons. The Morgan fingerprint density at radius 2 is 1.62 bits per heavy atom. The van der Waals surface area contributed by atoms with Crippen molar-refractivity contribution in [3.8, 4) is 0 Å². The smallest absolute Gasteiger partial charge is 0.377 e. The molecule has 0 unspecified atom stereocenters. The standard InChI is InChI=1S/C26H28F7N5O/c1-38(10-8-23-34-36-37-35-23)15-18-4-7-22(24(18)17-2-5-21(27)6-3-17)39-11-9-16-12-19(25(28,29)30)14-20(13-16)26(31,32)33/h2-3,5-6,12-14,18,22,24H,4,7-11,15H2,1H3,(H,34,35,36,37)/t18-,22-,24-/m0/s1. The van der Waals surface area contributed by atoms with Crippen LogP contribution >= 0.6 is 0 Å². The van der Waals surface area contributed by atoms with E-state index < -0.39 is 23.5 Å². The van der Waals surface area contributed by atoms with Crippen LogP contribution in [0.15, 0.2) is 42.5 Å². The van der Waals surface area contributed by atoms with Gasteiger partial charge in [0.1, 0.15) is 11.6 Å². The number of halogens is 7. The lowest BCUT2D eigenvalue weighted by atomic mass is 9.87. The third-order valence-corrected chi connectivity index (χ3v) is 7.02. The van der Waals surface area contributed by atoms with E-state index in [0.29, 0.717) is 31.8 Å². The number of ether oxygens (including phenoxy) is 1. The molecule has 1 aromatic heterocycles. The molecule has 13 heteroatoms. The van der Waals surface area contributed by atoms with Gasteiger partial charge in [0.05, 0.1) is 23.8 Å². The molecule has 0 aliphatic heterocycles. The molecule has 4 rings (SSSR count). The first-order valence-electron chi connectivity index (χ1n) is 12.5. The maximum absolute atomic E-state index is 13.6. The highest BCUT2D eigenvalue weighted by Crippen LogP contribution is 2.42. The summed E-state index contributed by atoms with van der Waals surface area (Å²) >= 11 is 0. The Kier molecular flexibility index (Phi) is 8.90. The molecule has 1 fully saturated rings. The van der Waals surface area contributed by atoms with E-state index in [0.717, 1.165) is 24.1 Å². The maximum atomic E-state index is 13.6. The summed E-state index contributed by atoms with van der Waals surface area (Å²) < 4.78 is 99.0. The van der Waals surface area contributed by atoms with E-state index in [-0.39, 0.29) is 48.4 Å². The molecule has 0 amide bonds. The first-order chi connectivity index (χ1) is 18.4. The lowest BCUT2D eigenvalue weighted by Gasteiger charge is -2.29. The van der Waals surface area contributed by atoms with E-state index in [1.165, 1.54) is 12.1 Å². The SMILES string of the molecule is CN(CCc1nnn[nH]1)C[C@@H]1CC[C@H](OCCc2cc(C(F)(F)F)cc(C(F)(F)F)c2)[C@H]1c1ccc(F)cc1. The molecule has 1 heterocycles. The maximum Gasteiger partial charge on any atom is 0.416 e. The van der Waals surface area contributed by atoms with Gasteiger partial charge in [-0.05, 0) is 84.1 Å². The number of nitrogens with one attached hydrogen (secondary N) is 1. The van der Waals surface area contributed by atoms with Crippen LogP contribution in [0.25, 0.3) is 0 Å². The zero-order valence-corrected chi connectivity index (χ0v) is 21.1. The van der Waals surface area contributed by atoms with Crippen LogP contribution in [0.2, 0.25) is 0 Å². The molecule has 6 nitrogen and oxygen atoms in total. The van der Waals surface area contributed by atoms with Crippen LogP contribution in [-0.4, -0.2) is 58.4 Å². The van der Waals surface area contributed by atoms with Crippen LogP contribution in [0, 0.1) is 11.7 Å². The molecule has 2 aromatic carbocycles. The van der Waals surface area contributed by atoms with Crippen molar-refractivity contribution < 1.29 is 35.5 Å². The number of aromatic amines is 1. The molecule has 39 heavy (non-hydrogen) atoms. The Labute approximate surface area is 220 Å². The number of hydrogen-bond donors (Lipinski definition) is 1. The van der Waals surface area contributed by atoms with Crippen LogP contribution in [-0.2, 0) is 29.9 Å². The van der Waals surface area contributed by atoms with Crippen molar-refractivity contribution in [1.82, 2.24) is 25.5 Å². The van der Waals surface area contributed by atoms with Crippen molar-refractivity contribution in [2.75, 3.05) is 26.7 Å². The first kappa shape index (κ1) is 28.9. The summed E-state index contributed by atoms with van der Waals surface area (Å²) in [6.07, 6.45) is -8.17. The minimum atomic E-state index is -4.90. The van der Waals surface area contributed by atoms with E-state index in [1.807, 2.05) is 7.05 Å². The van der Waals surface area contributed by atoms with E-state index in [1.54, 1.807) is 12.1 Å². The monoisotopic (exact) mass is 559 g/mol. The first-order valence-corrected chi connectivity index (χ1v) is 12.5. The molecule has 1 N–H and O–H groups in total. The molecule has 3 atom stereocenters. The average Bonchev–Trinajstić information content (AvgIpc) is 3.52. The van der Waals surface area contributed by atoms with Gasteiger partial charge in [-0.2, -0.15) is 26.3 Å². The zero-order valence-electron chi connectivity index (χ0n) is 21.1. The Balaban J connectivity index is 1.44. The second kappa shape index (κ2) is 12.0. The summed E-state index contributed by atoms with van der Waals surface area (Å²) in [6.45, 7) is 1.33. The van der Waals surface area contributed by atoms with E-state index in [2.05, 4.69) is 25.5 Å². The third-order valence-electron chi connectivity index (χ3n) is 7.02. The van der Waals surface area contributed by atoms with Crippen LogP contribution in [0.3, 0.4) is 0 Å². The molecule has 0 radical (unpaired) electrons. The van der Waals surface area contributed by atoms with E-state index in [9.17, 15) is 30.7 Å². The van der Waals surface area contributed by atoms with Gasteiger partial charge in [-0.1, -0.05) is 12.1 Å². The van der Waals surface area contributed by atoms with Crippen molar-refractivity contribution in [1.29, 1.82) is 0 Å². The van der Waals surface area contributed by atoms with Gasteiger partial charge in [-0.3, -0.25) is 0 Å². The summed E-state index contributed by atoms with van der Waals surface area (Å²) in [5.41, 5.74) is -1.93. The van der Waals surface area contributed by atoms with Gasteiger partial charge in [0.2, 0.25) is 0 Å². The fourth-order valence-electron chi connectivity index (χ4n) is 5.17. The van der Waals surface area contributed by atoms with Gasteiger partial charge in [0, 0.05) is 25.4 Å². The normalized spacial score (nSPS) is 20.2. The van der Waals surface area contributed by atoms with Crippen LogP contribution < -0.4 is 0 Å². The fourth-order valence-corrected chi connectivity index (χ4v) is 5.17. The third kappa shape index (κ3) is 7.75. The second-order valence-electron chi connectivity index (χ2n) is 9.85. The quantitative estimate of drug-likeness (QED) is 0.324. The molecule has 0 bridgehead atoms. The predicted octanol–water partition coefficient (Wildman–Crippen LogP) is 5.67. The molecule has 0 saturated heterocycles. The van der Waals surface area contributed by atoms with Gasteiger partial charge in [-0.15, -0.1) is 5.10 Å². The number of alkyl halides is 6. The van der Waals surface area contributed by atoms with Gasteiger partial charge >= 0.3 is 12.4 Å². The van der Waals surface area contributed by atoms with Crippen molar-refractivity contribution >= 4 is 0 Å². The Morgan fingerprint density at radius 1 is 0.949 bits per heavy atom. The fraction of sp³-hybridized carbons (Fsp3) is 0.500. The summed E-state index contributed by atoms with van der Waals surface area (Å²) in [5, 5.41) is 13.7. The summed E-state index contributed by atoms with van der Waals surface area (Å²) in [6, 6.07) is 7.69. The number of benzene rings is 2. The predicted molar refractivity (Wildman–Crippen MR) is 127 cm³/mol. The van der Waals surface area contributed by atoms with E-state index in [4.69, 9.17) is 4.74 Å². The van der Waals surface area contributed by atoms with Crippen molar-refractivity contribution in [2.24, 2.45) is 5.92 Å². The second-order valence-corrected chi connectivity index (χ2v) is 9.85. The van der Waals surface area contributed by atoms with E-state index >= 15 is 0 Å². The average molecular weight is 560 g/mol. The number of tetrazole rings is 1. The minimum Gasteiger partial charge on any atom is -0.377 e. The summed E-state index contributed by atoms with van der Waals surface area (Å²) in [4.78, 5) is 2.13. The number of rotatable bonds is 10. The van der Waals surface area contributed by atoms with Crippen molar-refractivity contribution in [3.05, 3.63) is 76.4 Å². The zero-order chi connectivity index (χ0) is 28.2. The molecule has 1 aliphatic carbocycles. The van der Waals surface area contributed by atoms with Crippen molar-refractivity contribution in [3.63, 3.8) is 0 Å². The lowest BCUT2D eigenvalue weighted by molar-refractivity contribution is -0.143. The summed E-state index contributed by atoms with van der Waals surface area (Å²) in [7, 11) is 1.96. The largest absolute Gasteiger partial charge is 0.416 e. The van der Waals surface area contributed by atoms with Gasteiger partial charge in [0.25, 0.3) is 0 Å². The van der Waals surface area contributed by atoms with Crippen LogP contribution in [0.4, 0.5) is 30.7 Å². The number of H-pyrrole nitrogens is 1. The molecule has 0 spiro atoms. The molecular formula is C26H28F7N5O. The highest BCUT2D eigenvalue weighted by Gasteiger charge is 2.39. The Hall–Kier alpha value is -3.06. The topological polar surface area (TPSA) is 66.9 Å². The van der Waals surface area contributed by atoms with Gasteiger partial charge in [0.15, 0.2) is 0 Å². The number of aromatic nitrogens is 4. The summed E-state index contributed by atoms with van der Waals surface area (Å²) in [5.74, 6) is 0.303. The lowest BCUT2D eigenvalue weighted by Crippen LogP contribution is -2.31. The number of nitrogens with zero attached hydrogens (tertiary/aromatic N) is 4. The Morgan fingerprint density at radius 3 is 2.21 bits per heavy atom. The van der Waals surface area contributed by atoms with Gasteiger partial charge in [-0.25, -0.2) is 9.49 Å². The molecular weight excluding hydrogens is 531 g/mol. The minimum absolute atomic E-state index is 0.0535. The number of likely N-dealkylation sites (N-methyl/N-ethyl adjacent to an activating group) is 1. The van der Waals surface area contributed by atoms with Crippen LogP contribution in [0.5, 0.6) is 0 Å².